The molecule has 0 aliphatic carbocycles. The first-order chi connectivity index (χ1) is 6.79. The van der Waals surface area contributed by atoms with Gasteiger partial charge < -0.3 is 10.5 Å². The molecule has 2 N–H and O–H groups in total. The molecular weight excluding hydrogens is 300 g/mol. The Morgan fingerprint density at radius 2 is 2.13 bits per heavy atom. The van der Waals surface area contributed by atoms with E-state index in [-0.39, 0.29) is 21.2 Å². The number of aromatic nitrogens is 1. The molecule has 0 radical (unpaired) electrons. The zero-order valence-electron chi connectivity index (χ0n) is 7.11. The molecule has 0 bridgehead atoms. The standard InChI is InChI=1S/C7H5BrClF3N2O/c8-5-4(13)1-3(9)6(14-5)15-2-7(10,11)12/h1H,2,13H2. The number of alkyl halides is 3. The van der Waals surface area contributed by atoms with E-state index in [4.69, 9.17) is 17.3 Å². The lowest BCUT2D eigenvalue weighted by Gasteiger charge is -2.10. The number of nitrogen functional groups attached to an aromatic ring is 1. The van der Waals surface area contributed by atoms with E-state index < -0.39 is 12.8 Å². The van der Waals surface area contributed by atoms with Crippen LogP contribution in [0.15, 0.2) is 10.7 Å². The summed E-state index contributed by atoms with van der Waals surface area (Å²) in [6.45, 7) is -1.45. The van der Waals surface area contributed by atoms with Gasteiger partial charge in [-0.3, -0.25) is 0 Å². The molecule has 0 aromatic carbocycles. The Kier molecular flexibility index (Phi) is 3.67. The first-order valence-electron chi connectivity index (χ1n) is 3.60. The maximum atomic E-state index is 11.8. The van der Waals surface area contributed by atoms with E-state index >= 15 is 0 Å². The van der Waals surface area contributed by atoms with E-state index in [0.717, 1.165) is 0 Å². The SMILES string of the molecule is Nc1cc(Cl)c(OCC(F)(F)F)nc1Br. The molecule has 0 aliphatic heterocycles. The van der Waals surface area contributed by atoms with E-state index in [1.807, 2.05) is 0 Å². The molecular formula is C7H5BrClF3N2O. The summed E-state index contributed by atoms with van der Waals surface area (Å²) >= 11 is 8.52. The highest BCUT2D eigenvalue weighted by Crippen LogP contribution is 2.30. The van der Waals surface area contributed by atoms with Crippen molar-refractivity contribution in [1.82, 2.24) is 4.98 Å². The van der Waals surface area contributed by atoms with Crippen LogP contribution in [0.5, 0.6) is 5.88 Å². The third-order valence-corrected chi connectivity index (χ3v) is 2.20. The Morgan fingerprint density at radius 3 is 2.67 bits per heavy atom. The minimum absolute atomic E-state index is 0.0695. The Morgan fingerprint density at radius 1 is 1.53 bits per heavy atom. The summed E-state index contributed by atoms with van der Waals surface area (Å²) in [6.07, 6.45) is -4.43. The first-order valence-corrected chi connectivity index (χ1v) is 4.78. The van der Waals surface area contributed by atoms with E-state index in [9.17, 15) is 13.2 Å². The maximum absolute atomic E-state index is 11.8. The van der Waals surface area contributed by atoms with Crippen LogP contribution in [-0.4, -0.2) is 17.8 Å². The third-order valence-electron chi connectivity index (χ3n) is 1.30. The molecule has 8 heteroatoms. The van der Waals surface area contributed by atoms with Crippen LogP contribution in [0.3, 0.4) is 0 Å². The molecule has 0 amide bonds. The Balaban J connectivity index is 2.82. The van der Waals surface area contributed by atoms with Crippen LogP contribution in [0.25, 0.3) is 0 Å². The molecule has 0 aliphatic rings. The topological polar surface area (TPSA) is 48.1 Å². The summed E-state index contributed by atoms with van der Waals surface area (Å²) in [6, 6.07) is 1.25. The van der Waals surface area contributed by atoms with Crippen molar-refractivity contribution in [2.24, 2.45) is 0 Å². The van der Waals surface area contributed by atoms with Crippen molar-refractivity contribution in [1.29, 1.82) is 0 Å². The van der Waals surface area contributed by atoms with E-state index in [1.165, 1.54) is 6.07 Å². The molecule has 1 heterocycles. The van der Waals surface area contributed by atoms with Gasteiger partial charge in [0.2, 0.25) is 5.88 Å². The summed E-state index contributed by atoms with van der Waals surface area (Å²) in [7, 11) is 0. The summed E-state index contributed by atoms with van der Waals surface area (Å²) in [4.78, 5) is 3.61. The molecule has 1 rings (SSSR count). The number of hydrogen-bond donors (Lipinski definition) is 1. The van der Waals surface area contributed by atoms with Crippen molar-refractivity contribution < 1.29 is 17.9 Å². The number of halogens is 5. The number of pyridine rings is 1. The van der Waals surface area contributed by atoms with Crippen molar-refractivity contribution in [2.75, 3.05) is 12.3 Å². The van der Waals surface area contributed by atoms with E-state index in [1.54, 1.807) is 0 Å². The van der Waals surface area contributed by atoms with Crippen LogP contribution in [0.2, 0.25) is 5.02 Å². The smallest absolute Gasteiger partial charge is 0.422 e. The van der Waals surface area contributed by atoms with Gasteiger partial charge in [0.25, 0.3) is 0 Å². The number of nitrogens with two attached hydrogens (primary N) is 1. The molecule has 3 nitrogen and oxygen atoms in total. The largest absolute Gasteiger partial charge is 0.467 e. The van der Waals surface area contributed by atoms with Crippen molar-refractivity contribution in [3.63, 3.8) is 0 Å². The normalized spacial score (nSPS) is 11.5. The quantitative estimate of drug-likeness (QED) is 0.854. The van der Waals surface area contributed by atoms with Gasteiger partial charge in [-0.15, -0.1) is 0 Å². The van der Waals surface area contributed by atoms with Gasteiger partial charge in [0, 0.05) is 0 Å². The molecule has 1 aromatic heterocycles. The van der Waals surface area contributed by atoms with Gasteiger partial charge in [-0.25, -0.2) is 4.98 Å². The average molecular weight is 305 g/mol. The number of hydrogen-bond acceptors (Lipinski definition) is 3. The Labute approximate surface area is 96.5 Å². The van der Waals surface area contributed by atoms with Crippen molar-refractivity contribution in [2.45, 2.75) is 6.18 Å². The molecule has 0 saturated carbocycles. The molecule has 0 fully saturated rings. The summed E-state index contributed by atoms with van der Waals surface area (Å²) in [5.41, 5.74) is 5.62. The van der Waals surface area contributed by atoms with Gasteiger partial charge in [0.1, 0.15) is 9.63 Å². The fraction of sp³-hybridized carbons (Fsp3) is 0.286. The predicted octanol–water partition coefficient (Wildman–Crippen LogP) is 3.02. The fourth-order valence-electron chi connectivity index (χ4n) is 0.716. The molecule has 1 aromatic rings. The van der Waals surface area contributed by atoms with Crippen molar-refractivity contribution in [3.05, 3.63) is 15.7 Å². The highest BCUT2D eigenvalue weighted by atomic mass is 79.9. The highest BCUT2D eigenvalue weighted by molar-refractivity contribution is 9.10. The van der Waals surface area contributed by atoms with Gasteiger partial charge in [-0.1, -0.05) is 11.6 Å². The van der Waals surface area contributed by atoms with Crippen LogP contribution in [-0.2, 0) is 0 Å². The summed E-state index contributed by atoms with van der Waals surface area (Å²) in [5.74, 6) is -0.310. The van der Waals surface area contributed by atoms with Crippen LogP contribution >= 0.6 is 27.5 Å². The van der Waals surface area contributed by atoms with Crippen LogP contribution < -0.4 is 10.5 Å². The second-order valence-electron chi connectivity index (χ2n) is 2.56. The number of ether oxygens (including phenoxy) is 1. The van der Waals surface area contributed by atoms with Gasteiger partial charge in [0.15, 0.2) is 6.61 Å². The number of rotatable bonds is 2. The predicted molar refractivity (Wildman–Crippen MR) is 52.9 cm³/mol. The second-order valence-corrected chi connectivity index (χ2v) is 3.72. The average Bonchev–Trinajstić information content (AvgIpc) is 2.07. The number of nitrogens with zero attached hydrogens (tertiary/aromatic N) is 1. The van der Waals surface area contributed by atoms with Crippen molar-refractivity contribution >= 4 is 33.2 Å². The van der Waals surface area contributed by atoms with Gasteiger partial charge in [0.05, 0.1) is 5.69 Å². The molecule has 0 unspecified atom stereocenters. The lowest BCUT2D eigenvalue weighted by molar-refractivity contribution is -0.154. The van der Waals surface area contributed by atoms with E-state index in [2.05, 4.69) is 25.7 Å². The van der Waals surface area contributed by atoms with Crippen molar-refractivity contribution in [3.8, 4) is 5.88 Å². The van der Waals surface area contributed by atoms with Crippen LogP contribution in [0.1, 0.15) is 0 Å². The van der Waals surface area contributed by atoms with Gasteiger partial charge in [-0.05, 0) is 22.0 Å². The molecule has 84 valence electrons. The van der Waals surface area contributed by atoms with Crippen LogP contribution in [0.4, 0.5) is 18.9 Å². The second kappa shape index (κ2) is 4.44. The zero-order valence-corrected chi connectivity index (χ0v) is 9.45. The maximum Gasteiger partial charge on any atom is 0.422 e. The number of anilines is 1. The molecule has 0 atom stereocenters. The highest BCUT2D eigenvalue weighted by Gasteiger charge is 2.29. The fourth-order valence-corrected chi connectivity index (χ4v) is 1.21. The third kappa shape index (κ3) is 3.75. The Bertz CT molecular complexity index is 372. The zero-order chi connectivity index (χ0) is 11.6. The van der Waals surface area contributed by atoms with Gasteiger partial charge >= 0.3 is 6.18 Å². The Hall–Kier alpha value is -0.690. The summed E-state index contributed by atoms with van der Waals surface area (Å²) in [5, 5.41) is -0.0695. The lowest BCUT2D eigenvalue weighted by atomic mass is 10.4. The van der Waals surface area contributed by atoms with Crippen LogP contribution in [0, 0.1) is 0 Å². The minimum Gasteiger partial charge on any atom is -0.467 e. The molecule has 15 heavy (non-hydrogen) atoms. The van der Waals surface area contributed by atoms with E-state index in [0.29, 0.717) is 0 Å². The monoisotopic (exact) mass is 304 g/mol. The lowest BCUT2D eigenvalue weighted by Crippen LogP contribution is -2.19. The summed E-state index contributed by atoms with van der Waals surface area (Å²) < 4.78 is 40.0. The molecule has 0 spiro atoms. The minimum atomic E-state index is -4.43. The first kappa shape index (κ1) is 12.4. The molecule has 0 saturated heterocycles. The van der Waals surface area contributed by atoms with Gasteiger partial charge in [-0.2, -0.15) is 13.2 Å².